The topological polar surface area (TPSA) is 12.4 Å². The van der Waals surface area contributed by atoms with Crippen LogP contribution in [0.4, 0.5) is 0 Å². The first kappa shape index (κ1) is 6.84. The molecule has 0 fully saturated rings. The zero-order valence-electron chi connectivity index (χ0n) is 7.07. The summed E-state index contributed by atoms with van der Waals surface area (Å²) in [4.78, 5) is 4.57. The molecule has 1 aromatic rings. The molecule has 0 saturated heterocycles. The number of hydrogen-bond acceptors (Lipinski definition) is 1. The van der Waals surface area contributed by atoms with E-state index in [4.69, 9.17) is 0 Å². The highest BCUT2D eigenvalue weighted by Gasteiger charge is 2.15. The van der Waals surface area contributed by atoms with Crippen LogP contribution in [0.1, 0.15) is 0 Å². The summed E-state index contributed by atoms with van der Waals surface area (Å²) in [5.74, 6) is 0. The third-order valence-corrected chi connectivity index (χ3v) is 2.43. The molecule has 13 heavy (non-hydrogen) atoms. The summed E-state index contributed by atoms with van der Waals surface area (Å²) in [6, 6.07) is 9.26. The zero-order chi connectivity index (χ0) is 8.67. The van der Waals surface area contributed by atoms with Crippen molar-refractivity contribution in [1.29, 1.82) is 0 Å². The average molecular weight is 166 g/mol. The van der Waals surface area contributed by atoms with E-state index in [0.29, 0.717) is 0 Å². The highest BCUT2D eigenvalue weighted by atomic mass is 14.8. The van der Waals surface area contributed by atoms with Crippen LogP contribution >= 0.6 is 0 Å². The van der Waals surface area contributed by atoms with Gasteiger partial charge in [-0.25, -0.2) is 0 Å². The van der Waals surface area contributed by atoms with E-state index in [1.165, 1.54) is 10.8 Å². The first-order chi connectivity index (χ1) is 6.45. The van der Waals surface area contributed by atoms with Crippen molar-refractivity contribution in [2.45, 2.75) is 6.04 Å². The van der Waals surface area contributed by atoms with Crippen LogP contribution in [-0.2, 0) is 0 Å². The van der Waals surface area contributed by atoms with Gasteiger partial charge in [-0.3, -0.25) is 4.99 Å². The van der Waals surface area contributed by atoms with Crippen molar-refractivity contribution in [1.82, 2.24) is 0 Å². The second-order valence-corrected chi connectivity index (χ2v) is 3.22. The van der Waals surface area contributed by atoms with Crippen molar-refractivity contribution < 1.29 is 0 Å². The van der Waals surface area contributed by atoms with Crippen molar-refractivity contribution in [3.63, 3.8) is 0 Å². The Morgan fingerprint density at radius 2 is 2.31 bits per heavy atom. The van der Waals surface area contributed by atoms with Crippen molar-refractivity contribution in [2.75, 3.05) is 0 Å². The molecule has 0 aromatic heterocycles. The van der Waals surface area contributed by atoms with Gasteiger partial charge in [0.1, 0.15) is 0 Å². The smallest absolute Gasteiger partial charge is 0.0947 e. The number of benzene rings is 1. The summed E-state index contributed by atoms with van der Waals surface area (Å²) >= 11 is 0. The van der Waals surface area contributed by atoms with Gasteiger partial charge in [0, 0.05) is 5.22 Å². The van der Waals surface area contributed by atoms with E-state index in [1.54, 1.807) is 0 Å². The molecule has 0 saturated carbocycles. The minimum Gasteiger partial charge on any atom is -0.272 e. The fraction of sp³-hybridized carbons (Fsp3) is 0.0833. The predicted molar refractivity (Wildman–Crippen MR) is 51.5 cm³/mol. The van der Waals surface area contributed by atoms with Gasteiger partial charge in [-0.15, -0.1) is 0 Å². The molecule has 1 heteroatoms. The van der Waals surface area contributed by atoms with Crippen molar-refractivity contribution in [3.8, 4) is 0 Å². The van der Waals surface area contributed by atoms with E-state index in [9.17, 15) is 0 Å². The fourth-order valence-corrected chi connectivity index (χ4v) is 1.81. The molecule has 1 unspecified atom stereocenters. The van der Waals surface area contributed by atoms with Crippen molar-refractivity contribution >= 4 is 5.57 Å². The third-order valence-electron chi connectivity index (χ3n) is 2.43. The summed E-state index contributed by atoms with van der Waals surface area (Å²) in [6.45, 7) is 0. The Bertz CT molecular complexity index is 520. The molecule has 1 aromatic carbocycles. The summed E-state index contributed by atoms with van der Waals surface area (Å²) in [7, 11) is 0. The first-order valence-electron chi connectivity index (χ1n) is 4.38. The summed E-state index contributed by atoms with van der Waals surface area (Å²) < 4.78 is 0. The molecule has 2 aliphatic rings. The van der Waals surface area contributed by atoms with E-state index in [-0.39, 0.29) is 6.04 Å². The molecule has 1 atom stereocenters. The molecule has 3 rings (SSSR count). The lowest BCUT2D eigenvalue weighted by atomic mass is 10.0. The number of allylic oxidation sites excluding steroid dienone is 2. The Morgan fingerprint density at radius 1 is 1.31 bits per heavy atom. The van der Waals surface area contributed by atoms with Gasteiger partial charge < -0.3 is 0 Å². The summed E-state index contributed by atoms with van der Waals surface area (Å²) in [6.07, 6.45) is 8.37. The lowest BCUT2D eigenvalue weighted by Gasteiger charge is -2.06. The molecule has 0 N–H and O–H groups in total. The quantitative estimate of drug-likeness (QED) is 0.539. The van der Waals surface area contributed by atoms with Gasteiger partial charge in [0.2, 0.25) is 0 Å². The van der Waals surface area contributed by atoms with E-state index < -0.39 is 0 Å². The van der Waals surface area contributed by atoms with Crippen LogP contribution in [-0.4, -0.2) is 6.04 Å². The maximum atomic E-state index is 4.57. The molecule has 1 heterocycles. The molecule has 1 aliphatic carbocycles. The second kappa shape index (κ2) is 2.43. The summed E-state index contributed by atoms with van der Waals surface area (Å²) in [5, 5.41) is 2.32. The third kappa shape index (κ3) is 0.903. The standard InChI is InChI=1S/C12H8N/c1-3-7-11-9(5-1)10-6-2-4-8-12(10)13-11/h1-3,5-8,11H. The van der Waals surface area contributed by atoms with Gasteiger partial charge in [0.15, 0.2) is 0 Å². The summed E-state index contributed by atoms with van der Waals surface area (Å²) in [5.41, 5.74) is 1.31. The van der Waals surface area contributed by atoms with Crippen molar-refractivity contribution in [3.05, 3.63) is 59.1 Å². The molecule has 1 radical (unpaired) electrons. The monoisotopic (exact) mass is 166 g/mol. The lowest BCUT2D eigenvalue weighted by molar-refractivity contribution is 1.03. The van der Waals surface area contributed by atoms with Crippen LogP contribution in [0.25, 0.3) is 5.57 Å². The molecule has 0 bridgehead atoms. The predicted octanol–water partition coefficient (Wildman–Crippen LogP) is 0.765. The highest BCUT2D eigenvalue weighted by Crippen LogP contribution is 2.15. The zero-order valence-corrected chi connectivity index (χ0v) is 7.07. The van der Waals surface area contributed by atoms with Crippen LogP contribution in [0.15, 0.2) is 47.5 Å². The Kier molecular flexibility index (Phi) is 1.28. The van der Waals surface area contributed by atoms with Gasteiger partial charge in [-0.2, -0.15) is 0 Å². The highest BCUT2D eigenvalue weighted by molar-refractivity contribution is 5.68. The molecule has 0 amide bonds. The molecular weight excluding hydrogens is 158 g/mol. The maximum Gasteiger partial charge on any atom is 0.0947 e. The minimum absolute atomic E-state index is 0.246. The number of rotatable bonds is 0. The minimum atomic E-state index is 0.246. The van der Waals surface area contributed by atoms with Crippen LogP contribution < -0.4 is 10.6 Å². The van der Waals surface area contributed by atoms with Gasteiger partial charge in [-0.05, 0) is 17.7 Å². The number of nitrogens with zero attached hydrogens (tertiary/aromatic N) is 1. The van der Waals surface area contributed by atoms with Crippen LogP contribution in [0, 0.1) is 6.07 Å². The average Bonchev–Trinajstić information content (AvgIpc) is 2.56. The van der Waals surface area contributed by atoms with Gasteiger partial charge in [0.05, 0.1) is 11.4 Å². The fourth-order valence-electron chi connectivity index (χ4n) is 1.81. The van der Waals surface area contributed by atoms with Crippen LogP contribution in [0.3, 0.4) is 0 Å². The Morgan fingerprint density at radius 3 is 3.31 bits per heavy atom. The van der Waals surface area contributed by atoms with Gasteiger partial charge in [0.25, 0.3) is 0 Å². The van der Waals surface area contributed by atoms with E-state index in [1.807, 2.05) is 18.2 Å². The lowest BCUT2D eigenvalue weighted by Crippen LogP contribution is -2.21. The van der Waals surface area contributed by atoms with E-state index in [0.717, 1.165) is 5.36 Å². The van der Waals surface area contributed by atoms with Crippen LogP contribution in [0.2, 0.25) is 0 Å². The molecule has 1 aliphatic heterocycles. The van der Waals surface area contributed by atoms with Gasteiger partial charge >= 0.3 is 0 Å². The maximum absolute atomic E-state index is 4.57. The molecule has 1 nitrogen and oxygen atoms in total. The molecule has 0 spiro atoms. The second-order valence-electron chi connectivity index (χ2n) is 3.22. The Labute approximate surface area is 76.4 Å². The number of hydrogen-bond donors (Lipinski definition) is 0. The number of fused-ring (bicyclic) bond motifs is 2. The van der Waals surface area contributed by atoms with Crippen molar-refractivity contribution in [2.24, 2.45) is 4.99 Å². The van der Waals surface area contributed by atoms with E-state index in [2.05, 4.69) is 35.4 Å². The largest absolute Gasteiger partial charge is 0.272 e. The normalized spacial score (nSPS) is 22.5. The molecule has 61 valence electrons. The van der Waals surface area contributed by atoms with Gasteiger partial charge in [-0.1, -0.05) is 36.4 Å². The Balaban J connectivity index is 2.44. The molecular formula is C12H8N. The first-order valence-corrected chi connectivity index (χ1v) is 4.38. The van der Waals surface area contributed by atoms with Crippen LogP contribution in [0.5, 0.6) is 0 Å². The van der Waals surface area contributed by atoms with E-state index >= 15 is 0 Å². The Hall–Kier alpha value is -1.63. The SMILES string of the molecule is [c]1ccc2c(c1)=NC1C=CC=CC=21.